The van der Waals surface area contributed by atoms with Gasteiger partial charge in [-0.05, 0) is 50.7 Å². The topological polar surface area (TPSA) is 52.9 Å². The van der Waals surface area contributed by atoms with Crippen LogP contribution in [-0.2, 0) is 0 Å². The molecule has 4 heteroatoms. The van der Waals surface area contributed by atoms with Crippen molar-refractivity contribution in [1.29, 1.82) is 0 Å². The van der Waals surface area contributed by atoms with E-state index in [9.17, 15) is 10.2 Å². The average molecular weight is 305 g/mol. The Kier molecular flexibility index (Phi) is 5.01. The molecule has 22 heavy (non-hydrogen) atoms. The van der Waals surface area contributed by atoms with E-state index in [0.717, 1.165) is 56.5 Å². The first-order valence-electron chi connectivity index (χ1n) is 8.47. The second-order valence-corrected chi connectivity index (χ2v) is 6.68. The molecule has 0 spiro atoms. The van der Waals surface area contributed by atoms with Crippen LogP contribution in [-0.4, -0.2) is 52.6 Å². The molecule has 0 bridgehead atoms. The Bertz CT molecular complexity index is 485. The van der Waals surface area contributed by atoms with Crippen LogP contribution in [0, 0.1) is 6.92 Å². The molecule has 4 nitrogen and oxygen atoms in total. The summed E-state index contributed by atoms with van der Waals surface area (Å²) in [6.45, 7) is 3.79. The molecule has 2 aliphatic rings. The van der Waals surface area contributed by atoms with E-state index in [1.807, 2.05) is 31.2 Å². The number of aliphatic hydroxyl groups is 2. The third kappa shape index (κ3) is 3.45. The number of nitrogens with zero attached hydrogens (tertiary/aromatic N) is 1. The maximum Gasteiger partial charge on any atom is 0.126 e. The molecule has 1 aliphatic carbocycles. The summed E-state index contributed by atoms with van der Waals surface area (Å²) in [6.07, 6.45) is 3.87. The first kappa shape index (κ1) is 15.8. The van der Waals surface area contributed by atoms with Gasteiger partial charge >= 0.3 is 0 Å². The number of hydrogen-bond donors (Lipinski definition) is 2. The number of likely N-dealkylation sites (tertiary alicyclic amines) is 1. The smallest absolute Gasteiger partial charge is 0.126 e. The van der Waals surface area contributed by atoms with Gasteiger partial charge in [-0.2, -0.15) is 0 Å². The Balaban J connectivity index is 1.65. The molecule has 3 atom stereocenters. The zero-order valence-corrected chi connectivity index (χ0v) is 13.3. The average Bonchev–Trinajstić information content (AvgIpc) is 2.52. The summed E-state index contributed by atoms with van der Waals surface area (Å²) in [6, 6.07) is 8.15. The second kappa shape index (κ2) is 6.99. The van der Waals surface area contributed by atoms with Crippen LogP contribution in [0.25, 0.3) is 0 Å². The molecule has 2 N–H and O–H groups in total. The molecule has 0 radical (unpaired) electrons. The maximum absolute atomic E-state index is 10.8. The lowest BCUT2D eigenvalue weighted by atomic mass is 9.87. The number of rotatable bonds is 3. The molecule has 0 unspecified atom stereocenters. The fraction of sp³-hybridized carbons (Fsp3) is 0.667. The summed E-state index contributed by atoms with van der Waals surface area (Å²) >= 11 is 0. The van der Waals surface area contributed by atoms with Gasteiger partial charge in [0.2, 0.25) is 0 Å². The van der Waals surface area contributed by atoms with E-state index in [1.54, 1.807) is 0 Å². The van der Waals surface area contributed by atoms with Gasteiger partial charge < -0.3 is 14.9 Å². The van der Waals surface area contributed by atoms with E-state index in [-0.39, 0.29) is 18.2 Å². The first-order valence-corrected chi connectivity index (χ1v) is 8.47. The highest BCUT2D eigenvalue weighted by molar-refractivity contribution is 5.32. The number of hydrogen-bond acceptors (Lipinski definition) is 4. The van der Waals surface area contributed by atoms with Crippen molar-refractivity contribution in [3.8, 4) is 5.75 Å². The van der Waals surface area contributed by atoms with Crippen molar-refractivity contribution < 1.29 is 14.9 Å². The lowest BCUT2D eigenvalue weighted by molar-refractivity contribution is -0.0658. The molecule has 1 aromatic carbocycles. The largest absolute Gasteiger partial charge is 0.487 e. The summed E-state index contributed by atoms with van der Waals surface area (Å²) in [5, 5.41) is 20.4. The summed E-state index contributed by atoms with van der Waals surface area (Å²) < 4.78 is 6.11. The summed E-state index contributed by atoms with van der Waals surface area (Å²) in [4.78, 5) is 2.34. The van der Waals surface area contributed by atoms with Crippen molar-refractivity contribution in [3.05, 3.63) is 29.8 Å². The van der Waals surface area contributed by atoms with E-state index in [4.69, 9.17) is 4.74 Å². The molecule has 0 aromatic heterocycles. The molecular formula is C18H27NO3. The van der Waals surface area contributed by atoms with Crippen molar-refractivity contribution in [2.45, 2.75) is 63.4 Å². The molecule has 1 aliphatic heterocycles. The Morgan fingerprint density at radius 3 is 2.50 bits per heavy atom. The maximum atomic E-state index is 10.8. The molecule has 1 saturated heterocycles. The van der Waals surface area contributed by atoms with Crippen LogP contribution in [0.1, 0.15) is 37.7 Å². The van der Waals surface area contributed by atoms with Gasteiger partial charge in [0.05, 0.1) is 6.10 Å². The molecule has 3 rings (SSSR count). The number of para-hydroxylation sites is 1. The van der Waals surface area contributed by atoms with Crippen LogP contribution in [0.2, 0.25) is 0 Å². The molecular weight excluding hydrogens is 278 g/mol. The van der Waals surface area contributed by atoms with Crippen LogP contribution in [0.15, 0.2) is 24.3 Å². The van der Waals surface area contributed by atoms with Gasteiger partial charge in [-0.15, -0.1) is 0 Å². The van der Waals surface area contributed by atoms with Crippen molar-refractivity contribution in [2.75, 3.05) is 13.1 Å². The molecule has 0 amide bonds. The lowest BCUT2D eigenvalue weighted by Crippen LogP contribution is -2.55. The number of piperidine rings is 1. The Morgan fingerprint density at radius 2 is 1.77 bits per heavy atom. The fourth-order valence-corrected chi connectivity index (χ4v) is 3.71. The molecule has 1 saturated carbocycles. The Hall–Kier alpha value is -1.10. The number of ether oxygens (including phenoxy) is 1. The third-order valence-corrected chi connectivity index (χ3v) is 5.10. The van der Waals surface area contributed by atoms with E-state index < -0.39 is 6.10 Å². The predicted molar refractivity (Wildman–Crippen MR) is 86.1 cm³/mol. The van der Waals surface area contributed by atoms with E-state index >= 15 is 0 Å². The van der Waals surface area contributed by atoms with Gasteiger partial charge in [0.15, 0.2) is 0 Å². The zero-order valence-electron chi connectivity index (χ0n) is 13.3. The van der Waals surface area contributed by atoms with Crippen molar-refractivity contribution in [1.82, 2.24) is 4.90 Å². The molecule has 2 fully saturated rings. The van der Waals surface area contributed by atoms with Gasteiger partial charge in [0.25, 0.3) is 0 Å². The Morgan fingerprint density at radius 1 is 1.05 bits per heavy atom. The zero-order chi connectivity index (χ0) is 15.5. The van der Waals surface area contributed by atoms with Gasteiger partial charge in [-0.3, -0.25) is 4.90 Å². The van der Waals surface area contributed by atoms with Crippen LogP contribution < -0.4 is 4.74 Å². The van der Waals surface area contributed by atoms with Crippen LogP contribution in [0.5, 0.6) is 5.75 Å². The lowest BCUT2D eigenvalue weighted by Gasteiger charge is -2.43. The highest BCUT2D eigenvalue weighted by atomic mass is 16.5. The molecule has 122 valence electrons. The minimum Gasteiger partial charge on any atom is -0.487 e. The summed E-state index contributed by atoms with van der Waals surface area (Å²) in [7, 11) is 0. The summed E-state index contributed by atoms with van der Waals surface area (Å²) in [5.74, 6) is 0.876. The van der Waals surface area contributed by atoms with Crippen molar-refractivity contribution in [2.24, 2.45) is 0 Å². The highest BCUT2D eigenvalue weighted by Crippen LogP contribution is 2.30. The highest BCUT2D eigenvalue weighted by Gasteiger charge is 2.37. The van der Waals surface area contributed by atoms with Gasteiger partial charge in [-0.25, -0.2) is 0 Å². The quantitative estimate of drug-likeness (QED) is 0.898. The Labute approximate surface area is 132 Å². The number of benzene rings is 1. The van der Waals surface area contributed by atoms with Gasteiger partial charge in [0, 0.05) is 19.1 Å². The molecule has 1 heterocycles. The van der Waals surface area contributed by atoms with Crippen LogP contribution in [0.3, 0.4) is 0 Å². The first-order chi connectivity index (χ1) is 10.6. The fourth-order valence-electron chi connectivity index (χ4n) is 3.71. The van der Waals surface area contributed by atoms with Crippen LogP contribution >= 0.6 is 0 Å². The normalized spacial score (nSPS) is 31.1. The number of aliphatic hydroxyl groups excluding tert-OH is 2. The molecule has 1 aromatic rings. The second-order valence-electron chi connectivity index (χ2n) is 6.68. The van der Waals surface area contributed by atoms with Crippen LogP contribution in [0.4, 0.5) is 0 Å². The van der Waals surface area contributed by atoms with Crippen molar-refractivity contribution >= 4 is 0 Å². The summed E-state index contributed by atoms with van der Waals surface area (Å²) in [5.41, 5.74) is 1.11. The van der Waals surface area contributed by atoms with E-state index in [0.29, 0.717) is 0 Å². The van der Waals surface area contributed by atoms with Gasteiger partial charge in [-0.1, -0.05) is 18.2 Å². The standard InChI is InChI=1S/C18H27NO3/c1-13-5-2-3-7-16(13)22-17-8-4-6-15(18(17)21)19-11-9-14(20)10-12-19/h2-3,5,7,14-15,17-18,20-21H,4,6,8-12H2,1H3/t15-,17+,18+/m0/s1. The monoisotopic (exact) mass is 305 g/mol. The van der Waals surface area contributed by atoms with Gasteiger partial charge in [0.1, 0.15) is 18.0 Å². The SMILES string of the molecule is Cc1ccccc1O[C@@H]1CCC[C@H](N2CCC(O)CC2)[C@H]1O. The van der Waals surface area contributed by atoms with E-state index in [2.05, 4.69) is 4.90 Å². The minimum atomic E-state index is -0.455. The van der Waals surface area contributed by atoms with E-state index in [1.165, 1.54) is 0 Å². The predicted octanol–water partition coefficient (Wildman–Crippen LogP) is 2.11. The third-order valence-electron chi connectivity index (χ3n) is 5.10. The minimum absolute atomic E-state index is 0.133. The van der Waals surface area contributed by atoms with Crippen molar-refractivity contribution in [3.63, 3.8) is 0 Å². The number of aryl methyl sites for hydroxylation is 1.